The molecular formula is C36H57N3O2. The highest BCUT2D eigenvalue weighted by molar-refractivity contribution is 5.25. The predicted octanol–water partition coefficient (Wildman–Crippen LogP) is 8.17. The highest BCUT2D eigenvalue weighted by atomic mass is 16.2. The lowest BCUT2D eigenvalue weighted by Crippen LogP contribution is -2.14. The van der Waals surface area contributed by atoms with Gasteiger partial charge in [0.1, 0.15) is 6.79 Å². The lowest BCUT2D eigenvalue weighted by Gasteiger charge is -2.05. The van der Waals surface area contributed by atoms with Crippen LogP contribution in [-0.2, 0) is 17.8 Å². The molecule has 1 saturated heterocycles. The molecule has 0 aliphatic carbocycles. The molecule has 1 fully saturated rings. The van der Waals surface area contributed by atoms with Crippen molar-refractivity contribution in [2.45, 2.75) is 87.7 Å². The number of likely N-dealkylation sites (tertiary alicyclic amines) is 1. The summed E-state index contributed by atoms with van der Waals surface area (Å²) in [5.41, 5.74) is 5.74. The van der Waals surface area contributed by atoms with Gasteiger partial charge in [-0.2, -0.15) is 0 Å². The Morgan fingerprint density at radius 2 is 1.51 bits per heavy atom. The minimum Gasteiger partial charge on any atom is -0.514 e. The summed E-state index contributed by atoms with van der Waals surface area (Å²) in [7, 11) is 0. The van der Waals surface area contributed by atoms with E-state index in [4.69, 9.17) is 16.3 Å². The molecule has 41 heavy (non-hydrogen) atoms. The van der Waals surface area contributed by atoms with Gasteiger partial charge in [-0.15, -0.1) is 12.8 Å². The van der Waals surface area contributed by atoms with Crippen molar-refractivity contribution in [3.05, 3.63) is 83.2 Å². The number of carbonyl (C=O) groups is 1. The molecule has 1 heterocycles. The van der Waals surface area contributed by atoms with Crippen molar-refractivity contribution < 1.29 is 9.90 Å². The molecule has 1 aliphatic rings. The van der Waals surface area contributed by atoms with E-state index >= 15 is 0 Å². The molecule has 0 saturated carbocycles. The maximum atomic E-state index is 8.38. The molecule has 228 valence electrons. The van der Waals surface area contributed by atoms with E-state index in [-0.39, 0.29) is 0 Å². The number of aryl methyl sites for hydroxylation is 3. The van der Waals surface area contributed by atoms with E-state index in [0.717, 1.165) is 38.7 Å². The lowest BCUT2D eigenvalue weighted by molar-refractivity contribution is -0.0980. The van der Waals surface area contributed by atoms with Crippen LogP contribution in [0.1, 0.15) is 77.1 Å². The third-order valence-electron chi connectivity index (χ3n) is 4.71. The van der Waals surface area contributed by atoms with Crippen LogP contribution >= 0.6 is 0 Å². The molecular weight excluding hydrogens is 506 g/mol. The van der Waals surface area contributed by atoms with Crippen LogP contribution in [0.25, 0.3) is 0 Å². The van der Waals surface area contributed by atoms with Crippen molar-refractivity contribution in [2.24, 2.45) is 10.4 Å². The third kappa shape index (κ3) is 32.2. The largest absolute Gasteiger partial charge is 0.514 e. The molecule has 5 heteroatoms. The second-order valence-electron chi connectivity index (χ2n) is 10.2. The Hall–Kier alpha value is -3.96. The Labute approximate surface area is 253 Å². The van der Waals surface area contributed by atoms with E-state index in [9.17, 15) is 0 Å². The monoisotopic (exact) mass is 563 g/mol. The number of nitrogens with one attached hydrogen (secondary N) is 1. The molecule has 0 amide bonds. The number of rotatable bonds is 5. The zero-order chi connectivity index (χ0) is 32.7. The van der Waals surface area contributed by atoms with Gasteiger partial charge in [-0.1, -0.05) is 115 Å². The first-order chi connectivity index (χ1) is 19.5. The van der Waals surface area contributed by atoms with Gasteiger partial charge in [0.15, 0.2) is 0 Å². The van der Waals surface area contributed by atoms with Crippen molar-refractivity contribution in [3.8, 4) is 25.3 Å². The summed E-state index contributed by atoms with van der Waals surface area (Å²) in [6.45, 7) is 27.2. The molecule has 1 atom stereocenters. The zero-order valence-corrected chi connectivity index (χ0v) is 27.3. The first kappa shape index (κ1) is 44.1. The number of aliphatic imine (C=N–C) groups is 1. The van der Waals surface area contributed by atoms with Crippen LogP contribution in [-0.4, -0.2) is 42.6 Å². The summed E-state index contributed by atoms with van der Waals surface area (Å²) in [5.74, 6) is 0. The minimum atomic E-state index is 0.376. The van der Waals surface area contributed by atoms with E-state index in [1.165, 1.54) is 28.5 Å². The van der Waals surface area contributed by atoms with Crippen LogP contribution < -0.4 is 5.32 Å². The second-order valence-corrected chi connectivity index (χ2v) is 10.2. The number of aliphatic hydroxyl groups is 1. The summed E-state index contributed by atoms with van der Waals surface area (Å²) in [4.78, 5) is 13.8. The Morgan fingerprint density at radius 1 is 1.05 bits per heavy atom. The standard InChI is InChI=1S/C11H15NO.C8H10.C7H10N2.C5H12.C2H6.C2H2.CH2O/c1-2-10-3-5-11(6-4-10)9-12-7-8-13;1-7-4-3-5-8(2)6-7;1-3-9-5-4-7(6-9)8-2;1-5(2,3)4;3*1-2/h3-8,12-13H,2,9H2,1H3;3-6H,1-2H3;1,7H,2,4-6H2;1-4H3;1-2H3;1-2H;1H2. The van der Waals surface area contributed by atoms with Gasteiger partial charge in [-0.05, 0) is 49.9 Å². The maximum Gasteiger partial charge on any atom is 0.106 e. The smallest absolute Gasteiger partial charge is 0.106 e. The number of benzene rings is 2. The fourth-order valence-electron chi connectivity index (χ4n) is 2.94. The van der Waals surface area contributed by atoms with Gasteiger partial charge in [0.25, 0.3) is 0 Å². The molecule has 2 aromatic carbocycles. The van der Waals surface area contributed by atoms with Crippen LogP contribution in [0.15, 0.2) is 66.0 Å². The number of hydrogen-bond acceptors (Lipinski definition) is 5. The zero-order valence-electron chi connectivity index (χ0n) is 27.3. The van der Waals surface area contributed by atoms with Gasteiger partial charge in [-0.3, -0.25) is 4.99 Å². The van der Waals surface area contributed by atoms with E-state index in [0.29, 0.717) is 11.5 Å². The number of nitrogens with zero attached hydrogens (tertiary/aromatic N) is 2. The first-order valence-electron chi connectivity index (χ1n) is 13.9. The summed E-state index contributed by atoms with van der Waals surface area (Å²) >= 11 is 0. The van der Waals surface area contributed by atoms with Crippen molar-refractivity contribution in [2.75, 3.05) is 13.1 Å². The van der Waals surface area contributed by atoms with Gasteiger partial charge >= 0.3 is 0 Å². The van der Waals surface area contributed by atoms with Crippen LogP contribution in [0.4, 0.5) is 0 Å². The SMILES string of the molecule is C#C.C#CN1CCC(N=C)C1.C=O.CC.CC(C)(C)C.CCc1ccc(CNC=CO)cc1.Cc1cccc(C)c1. The summed E-state index contributed by atoms with van der Waals surface area (Å²) in [6, 6.07) is 19.8. The summed E-state index contributed by atoms with van der Waals surface area (Å²) < 4.78 is 0. The third-order valence-corrected chi connectivity index (χ3v) is 4.71. The van der Waals surface area contributed by atoms with Crippen LogP contribution in [0.2, 0.25) is 0 Å². The molecule has 0 aromatic heterocycles. The number of carbonyl (C=O) groups excluding carboxylic acids is 1. The quantitative estimate of drug-likeness (QED) is 0.219. The Bertz CT molecular complexity index is 928. The minimum absolute atomic E-state index is 0.376. The summed E-state index contributed by atoms with van der Waals surface area (Å²) in [6.07, 6.45) is 17.8. The first-order valence-corrected chi connectivity index (χ1v) is 13.9. The van der Waals surface area contributed by atoms with Gasteiger partial charge in [0.2, 0.25) is 0 Å². The van der Waals surface area contributed by atoms with Crippen LogP contribution in [0, 0.1) is 44.6 Å². The van der Waals surface area contributed by atoms with Crippen molar-refractivity contribution in [1.29, 1.82) is 0 Å². The van der Waals surface area contributed by atoms with E-state index in [1.807, 2.05) is 25.5 Å². The number of terminal acetylenes is 2. The number of aliphatic hydroxyl groups excluding tert-OH is 1. The average molecular weight is 564 g/mol. The van der Waals surface area contributed by atoms with Crippen LogP contribution in [0.5, 0.6) is 0 Å². The molecule has 0 bridgehead atoms. The molecule has 1 unspecified atom stereocenters. The Balaban J connectivity index is -0.000000218. The number of hydrogen-bond donors (Lipinski definition) is 2. The maximum absolute atomic E-state index is 8.38. The van der Waals surface area contributed by atoms with Crippen molar-refractivity contribution in [3.63, 3.8) is 0 Å². The molecule has 2 aromatic rings. The summed E-state index contributed by atoms with van der Waals surface area (Å²) in [5, 5.41) is 11.3. The highest BCUT2D eigenvalue weighted by Gasteiger charge is 2.17. The van der Waals surface area contributed by atoms with Gasteiger partial charge in [0, 0.05) is 31.9 Å². The van der Waals surface area contributed by atoms with Crippen molar-refractivity contribution in [1.82, 2.24) is 10.2 Å². The molecule has 2 N–H and O–H groups in total. The van der Waals surface area contributed by atoms with E-state index in [2.05, 4.69) is 133 Å². The Morgan fingerprint density at radius 3 is 1.80 bits per heavy atom. The predicted molar refractivity (Wildman–Crippen MR) is 182 cm³/mol. The van der Waals surface area contributed by atoms with E-state index < -0.39 is 0 Å². The molecule has 5 nitrogen and oxygen atoms in total. The fourth-order valence-corrected chi connectivity index (χ4v) is 2.94. The molecule has 0 spiro atoms. The van der Waals surface area contributed by atoms with Gasteiger partial charge < -0.3 is 20.1 Å². The van der Waals surface area contributed by atoms with Gasteiger partial charge in [0.05, 0.1) is 12.3 Å². The van der Waals surface area contributed by atoms with E-state index in [1.54, 1.807) is 0 Å². The van der Waals surface area contributed by atoms with Gasteiger partial charge in [-0.25, -0.2) is 0 Å². The average Bonchev–Trinajstić information content (AvgIpc) is 3.45. The normalized spacial score (nSPS) is 12.5. The molecule has 0 radical (unpaired) electrons. The fraction of sp³-hybridized carbons (Fsp3) is 0.444. The topological polar surface area (TPSA) is 64.9 Å². The van der Waals surface area contributed by atoms with Crippen molar-refractivity contribution >= 4 is 13.5 Å². The second kappa shape index (κ2) is 30.6. The Kier molecular flexibility index (Phi) is 32.9. The van der Waals surface area contributed by atoms with Crippen LogP contribution in [0.3, 0.4) is 0 Å². The highest BCUT2D eigenvalue weighted by Crippen LogP contribution is 2.09. The molecule has 1 aliphatic heterocycles. The lowest BCUT2D eigenvalue weighted by atomic mass is 10.0. The molecule has 3 rings (SSSR count).